The Balaban J connectivity index is 1.57. The topological polar surface area (TPSA) is 75.3 Å². The summed E-state index contributed by atoms with van der Waals surface area (Å²) in [4.78, 5) is 34.9. The molecule has 0 bridgehead atoms. The van der Waals surface area contributed by atoms with Crippen LogP contribution in [0, 0.1) is 6.92 Å². The number of nitrogens with zero attached hydrogens (tertiary/aromatic N) is 2. The second-order valence-electron chi connectivity index (χ2n) is 6.91. The van der Waals surface area contributed by atoms with Crippen LogP contribution in [0.25, 0.3) is 10.2 Å². The molecule has 1 saturated heterocycles. The number of thiophene rings is 1. The van der Waals surface area contributed by atoms with Gasteiger partial charge in [0.05, 0.1) is 28.8 Å². The van der Waals surface area contributed by atoms with Crippen molar-refractivity contribution in [1.82, 2.24) is 14.9 Å². The lowest BCUT2D eigenvalue weighted by molar-refractivity contribution is -0.0521. The van der Waals surface area contributed by atoms with E-state index in [1.54, 1.807) is 0 Å². The van der Waals surface area contributed by atoms with Crippen LogP contribution in [0.3, 0.4) is 0 Å². The fourth-order valence-electron chi connectivity index (χ4n) is 3.78. The highest BCUT2D eigenvalue weighted by molar-refractivity contribution is 7.20. The molecule has 0 saturated carbocycles. The molecule has 2 aliphatic heterocycles. The van der Waals surface area contributed by atoms with Crippen molar-refractivity contribution in [3.8, 4) is 0 Å². The number of aryl methyl sites for hydroxylation is 1. The molecule has 132 valence electrons. The summed E-state index contributed by atoms with van der Waals surface area (Å²) in [7, 11) is 0. The molecule has 1 amide bonds. The Bertz CT molecular complexity index is 919. The van der Waals surface area contributed by atoms with Gasteiger partial charge in [-0.3, -0.25) is 9.59 Å². The number of amides is 1. The molecule has 6 nitrogen and oxygen atoms in total. The van der Waals surface area contributed by atoms with Gasteiger partial charge in [0.2, 0.25) is 0 Å². The second-order valence-corrected chi connectivity index (χ2v) is 7.91. The van der Waals surface area contributed by atoms with Crippen LogP contribution in [-0.4, -0.2) is 46.1 Å². The van der Waals surface area contributed by atoms with Gasteiger partial charge in [-0.15, -0.1) is 11.3 Å². The zero-order chi connectivity index (χ0) is 17.6. The lowest BCUT2D eigenvalue weighted by Gasteiger charge is -2.42. The summed E-state index contributed by atoms with van der Waals surface area (Å²) in [5, 5.41) is 0.526. The van der Waals surface area contributed by atoms with E-state index in [0.717, 1.165) is 31.4 Å². The number of piperidine rings is 1. The maximum atomic E-state index is 13.0. The van der Waals surface area contributed by atoms with Gasteiger partial charge >= 0.3 is 0 Å². The highest BCUT2D eigenvalue weighted by Gasteiger charge is 2.37. The van der Waals surface area contributed by atoms with E-state index in [2.05, 4.69) is 23.0 Å². The van der Waals surface area contributed by atoms with Crippen LogP contribution < -0.4 is 5.56 Å². The number of H-pyrrole nitrogens is 1. The van der Waals surface area contributed by atoms with Crippen LogP contribution in [0.4, 0.5) is 0 Å². The van der Waals surface area contributed by atoms with Crippen molar-refractivity contribution < 1.29 is 9.53 Å². The minimum absolute atomic E-state index is 0.00809. The first kappa shape index (κ1) is 16.5. The first-order chi connectivity index (χ1) is 12.0. The van der Waals surface area contributed by atoms with Crippen molar-refractivity contribution in [3.05, 3.63) is 38.8 Å². The summed E-state index contributed by atoms with van der Waals surface area (Å²) in [5.74, 6) is -0.00809. The first-order valence-electron chi connectivity index (χ1n) is 8.57. The lowest BCUT2D eigenvalue weighted by atomic mass is 9.87. The van der Waals surface area contributed by atoms with Crippen molar-refractivity contribution in [2.75, 3.05) is 19.7 Å². The number of rotatable bonds is 1. The number of hydrogen-bond donors (Lipinski definition) is 1. The second kappa shape index (κ2) is 6.07. The summed E-state index contributed by atoms with van der Waals surface area (Å²) >= 11 is 1.30. The van der Waals surface area contributed by atoms with Gasteiger partial charge in [0, 0.05) is 13.1 Å². The van der Waals surface area contributed by atoms with Gasteiger partial charge in [0.25, 0.3) is 11.5 Å². The molecule has 0 unspecified atom stereocenters. The SMILES string of the molecule is CC1=CC2(CCN(C(=O)c3sc4nc[nH]c(=O)c4c3C)CC2)OCC1. The van der Waals surface area contributed by atoms with E-state index < -0.39 is 0 Å². The van der Waals surface area contributed by atoms with Crippen LogP contribution in [0.2, 0.25) is 0 Å². The third-order valence-electron chi connectivity index (χ3n) is 5.22. The Kier molecular flexibility index (Phi) is 4.00. The zero-order valence-electron chi connectivity index (χ0n) is 14.4. The molecule has 0 atom stereocenters. The Morgan fingerprint density at radius 2 is 2.12 bits per heavy atom. The molecular formula is C18H21N3O3S. The van der Waals surface area contributed by atoms with Crippen LogP contribution in [-0.2, 0) is 4.74 Å². The van der Waals surface area contributed by atoms with Gasteiger partial charge in [-0.05, 0) is 38.7 Å². The van der Waals surface area contributed by atoms with Crippen LogP contribution in [0.5, 0.6) is 0 Å². The number of ether oxygens (including phenoxy) is 1. The van der Waals surface area contributed by atoms with E-state index in [1.807, 2.05) is 11.8 Å². The summed E-state index contributed by atoms with van der Waals surface area (Å²) in [5.41, 5.74) is 1.71. The van der Waals surface area contributed by atoms with Crippen LogP contribution >= 0.6 is 11.3 Å². The average molecular weight is 359 g/mol. The van der Waals surface area contributed by atoms with Crippen molar-refractivity contribution in [3.63, 3.8) is 0 Å². The molecule has 2 aromatic rings. The Morgan fingerprint density at radius 1 is 1.36 bits per heavy atom. The number of likely N-dealkylation sites (tertiary alicyclic amines) is 1. The predicted molar refractivity (Wildman–Crippen MR) is 97.2 cm³/mol. The molecule has 0 aliphatic carbocycles. The molecule has 0 radical (unpaired) electrons. The summed E-state index contributed by atoms with van der Waals surface area (Å²) in [6.45, 7) is 6.07. The fraction of sp³-hybridized carbons (Fsp3) is 0.500. The molecule has 1 fully saturated rings. The van der Waals surface area contributed by atoms with Crippen molar-refractivity contribution in [2.24, 2.45) is 0 Å². The number of aromatic nitrogens is 2. The third-order valence-corrected chi connectivity index (χ3v) is 6.41. The van der Waals surface area contributed by atoms with E-state index in [9.17, 15) is 9.59 Å². The first-order valence-corrected chi connectivity index (χ1v) is 9.39. The maximum absolute atomic E-state index is 13.0. The molecule has 1 spiro atoms. The van der Waals surface area contributed by atoms with Gasteiger partial charge in [-0.1, -0.05) is 11.6 Å². The quantitative estimate of drug-likeness (QED) is 0.794. The Hall–Kier alpha value is -1.99. The number of aromatic amines is 1. The smallest absolute Gasteiger partial charge is 0.264 e. The lowest BCUT2D eigenvalue weighted by Crippen LogP contribution is -2.48. The standard InChI is InChI=1S/C18H21N3O3S/c1-11-3-8-24-18(9-11)4-6-21(7-5-18)17(23)14-12(2)13-15(22)19-10-20-16(13)25-14/h9-10H,3-8H2,1-2H3,(H,19,20,22). The van der Waals surface area contributed by atoms with Crippen molar-refractivity contribution >= 4 is 27.5 Å². The number of hydrogen-bond acceptors (Lipinski definition) is 5. The predicted octanol–water partition coefficient (Wildman–Crippen LogP) is 2.63. The summed E-state index contributed by atoms with van der Waals surface area (Å²) < 4.78 is 6.03. The fourth-order valence-corrected chi connectivity index (χ4v) is 4.90. The number of nitrogens with one attached hydrogen (secondary N) is 1. The van der Waals surface area contributed by atoms with Gasteiger partial charge in [0.15, 0.2) is 0 Å². The molecule has 7 heteroatoms. The van der Waals surface area contributed by atoms with E-state index in [-0.39, 0.29) is 17.1 Å². The minimum atomic E-state index is -0.201. The van der Waals surface area contributed by atoms with Crippen LogP contribution in [0.15, 0.2) is 22.8 Å². The van der Waals surface area contributed by atoms with E-state index in [1.165, 1.54) is 23.2 Å². The molecule has 4 rings (SSSR count). The normalized spacial score (nSPS) is 20.1. The third kappa shape index (κ3) is 2.81. The van der Waals surface area contributed by atoms with E-state index in [4.69, 9.17) is 4.74 Å². The molecule has 25 heavy (non-hydrogen) atoms. The molecular weight excluding hydrogens is 338 g/mol. The molecule has 0 aromatic carbocycles. The minimum Gasteiger partial charge on any atom is -0.370 e. The molecule has 1 N–H and O–H groups in total. The van der Waals surface area contributed by atoms with Gasteiger partial charge in [-0.25, -0.2) is 4.98 Å². The maximum Gasteiger partial charge on any atom is 0.264 e. The Labute approximate surface area is 149 Å². The number of carbonyl (C=O) groups excluding carboxylic acids is 1. The molecule has 2 aliphatic rings. The number of carbonyl (C=O) groups is 1. The van der Waals surface area contributed by atoms with E-state index in [0.29, 0.717) is 28.2 Å². The molecule has 2 aromatic heterocycles. The highest BCUT2D eigenvalue weighted by Crippen LogP contribution is 2.34. The largest absolute Gasteiger partial charge is 0.370 e. The highest BCUT2D eigenvalue weighted by atomic mass is 32.1. The summed E-state index contributed by atoms with van der Waals surface area (Å²) in [6, 6.07) is 0. The van der Waals surface area contributed by atoms with Crippen molar-refractivity contribution in [1.29, 1.82) is 0 Å². The number of fused-ring (bicyclic) bond motifs is 1. The molecule has 4 heterocycles. The average Bonchev–Trinajstić information content (AvgIpc) is 2.93. The van der Waals surface area contributed by atoms with Gasteiger partial charge in [-0.2, -0.15) is 0 Å². The summed E-state index contributed by atoms with van der Waals surface area (Å²) in [6.07, 6.45) is 6.26. The Morgan fingerprint density at radius 3 is 2.80 bits per heavy atom. The monoisotopic (exact) mass is 359 g/mol. The van der Waals surface area contributed by atoms with E-state index >= 15 is 0 Å². The zero-order valence-corrected chi connectivity index (χ0v) is 15.2. The van der Waals surface area contributed by atoms with Crippen LogP contribution in [0.1, 0.15) is 41.4 Å². The van der Waals surface area contributed by atoms with Crippen molar-refractivity contribution in [2.45, 2.75) is 38.7 Å². The van der Waals surface area contributed by atoms with Gasteiger partial charge in [0.1, 0.15) is 4.83 Å². The van der Waals surface area contributed by atoms with Gasteiger partial charge < -0.3 is 14.6 Å².